The number of rotatable bonds is 1. The number of H-pyrrole nitrogens is 1. The van der Waals surface area contributed by atoms with E-state index in [2.05, 4.69) is 9.97 Å². The zero-order valence-electron chi connectivity index (χ0n) is 7.38. The van der Waals surface area contributed by atoms with E-state index in [1.807, 2.05) is 0 Å². The lowest BCUT2D eigenvalue weighted by Crippen LogP contribution is -1.92. The van der Waals surface area contributed by atoms with Gasteiger partial charge in [-0.25, -0.2) is 13.8 Å². The molecule has 14 heavy (non-hydrogen) atoms. The molecule has 0 spiro atoms. The van der Waals surface area contributed by atoms with Crippen LogP contribution >= 0.6 is 0 Å². The molecule has 0 bridgehead atoms. The summed E-state index contributed by atoms with van der Waals surface area (Å²) in [6.07, 6.45) is -0.829. The van der Waals surface area contributed by atoms with Gasteiger partial charge in [-0.2, -0.15) is 0 Å². The Kier molecular flexibility index (Phi) is 1.96. The highest BCUT2D eigenvalue weighted by molar-refractivity contribution is 5.75. The molecule has 0 radical (unpaired) electrons. The highest BCUT2D eigenvalue weighted by atomic mass is 19.1. The Labute approximate surface area is 78.4 Å². The summed E-state index contributed by atoms with van der Waals surface area (Å²) >= 11 is 0. The van der Waals surface area contributed by atoms with Crippen molar-refractivity contribution < 1.29 is 13.9 Å². The van der Waals surface area contributed by atoms with Crippen LogP contribution < -0.4 is 0 Å². The molecule has 2 rings (SSSR count). The van der Waals surface area contributed by atoms with E-state index in [0.29, 0.717) is 0 Å². The second kappa shape index (κ2) is 3.02. The van der Waals surface area contributed by atoms with Gasteiger partial charge >= 0.3 is 0 Å². The van der Waals surface area contributed by atoms with Gasteiger partial charge in [-0.15, -0.1) is 0 Å². The number of benzene rings is 1. The summed E-state index contributed by atoms with van der Waals surface area (Å²) in [6, 6.07) is 1.90. The lowest BCUT2D eigenvalue weighted by atomic mass is 10.3. The molecule has 1 atom stereocenters. The Morgan fingerprint density at radius 1 is 1.43 bits per heavy atom. The van der Waals surface area contributed by atoms with Crippen LogP contribution in [-0.4, -0.2) is 15.1 Å². The minimum Gasteiger partial charge on any atom is -0.385 e. The molecule has 0 aliphatic heterocycles. The number of fused-ring (bicyclic) bond motifs is 1. The normalized spacial score (nSPS) is 13.4. The van der Waals surface area contributed by atoms with E-state index in [9.17, 15) is 13.9 Å². The van der Waals surface area contributed by atoms with E-state index < -0.39 is 17.7 Å². The highest BCUT2D eigenvalue weighted by Gasteiger charge is 2.11. The van der Waals surface area contributed by atoms with E-state index in [1.165, 1.54) is 6.92 Å². The first-order valence-electron chi connectivity index (χ1n) is 4.10. The number of halogens is 2. The summed E-state index contributed by atoms with van der Waals surface area (Å²) in [5.74, 6) is -1.18. The number of imidazole rings is 1. The number of nitrogens with zero attached hydrogens (tertiary/aromatic N) is 1. The fourth-order valence-electron chi connectivity index (χ4n) is 1.26. The van der Waals surface area contributed by atoms with E-state index in [-0.39, 0.29) is 16.9 Å². The van der Waals surface area contributed by atoms with Gasteiger partial charge in [0.2, 0.25) is 0 Å². The van der Waals surface area contributed by atoms with E-state index in [0.717, 1.165) is 12.1 Å². The summed E-state index contributed by atoms with van der Waals surface area (Å²) in [7, 11) is 0. The van der Waals surface area contributed by atoms with E-state index >= 15 is 0 Å². The number of aliphatic hydroxyl groups excluding tert-OH is 1. The van der Waals surface area contributed by atoms with Crippen molar-refractivity contribution in [2.24, 2.45) is 0 Å². The molecule has 1 aromatic heterocycles. The first-order chi connectivity index (χ1) is 6.58. The average Bonchev–Trinajstić information content (AvgIpc) is 2.47. The van der Waals surface area contributed by atoms with Gasteiger partial charge in [0, 0.05) is 6.07 Å². The summed E-state index contributed by atoms with van der Waals surface area (Å²) in [6.45, 7) is 1.49. The molecule has 74 valence electrons. The predicted octanol–water partition coefficient (Wildman–Crippen LogP) is 1.89. The first kappa shape index (κ1) is 9.08. The van der Waals surface area contributed by atoms with Crippen LogP contribution in [0.3, 0.4) is 0 Å². The molecule has 1 heterocycles. The van der Waals surface area contributed by atoms with Crippen molar-refractivity contribution in [3.05, 3.63) is 29.6 Å². The minimum absolute atomic E-state index is 0.0438. The van der Waals surface area contributed by atoms with Crippen molar-refractivity contribution in [2.45, 2.75) is 13.0 Å². The van der Waals surface area contributed by atoms with Gasteiger partial charge in [-0.3, -0.25) is 0 Å². The van der Waals surface area contributed by atoms with Gasteiger partial charge in [0.25, 0.3) is 0 Å². The Hall–Kier alpha value is -1.49. The van der Waals surface area contributed by atoms with Crippen molar-refractivity contribution in [3.63, 3.8) is 0 Å². The molecule has 2 N–H and O–H groups in total. The van der Waals surface area contributed by atoms with Gasteiger partial charge in [0.05, 0.1) is 5.52 Å². The molecule has 5 heteroatoms. The standard InChI is InChI=1S/C9H8F2N2O/c1-4(14)9-12-7-3-5(10)2-6(11)8(7)13-9/h2-4,14H,1H3,(H,12,13). The molecule has 0 saturated carbocycles. The molecular weight excluding hydrogens is 190 g/mol. The summed E-state index contributed by atoms with van der Waals surface area (Å²) in [5, 5.41) is 9.17. The Morgan fingerprint density at radius 2 is 2.14 bits per heavy atom. The maximum absolute atomic E-state index is 13.1. The third-order valence-electron chi connectivity index (χ3n) is 1.92. The van der Waals surface area contributed by atoms with Crippen molar-refractivity contribution in [3.8, 4) is 0 Å². The van der Waals surface area contributed by atoms with Gasteiger partial charge in [0.1, 0.15) is 23.3 Å². The van der Waals surface area contributed by atoms with Gasteiger partial charge in [-0.05, 0) is 13.0 Å². The van der Waals surface area contributed by atoms with E-state index in [1.54, 1.807) is 0 Å². The lowest BCUT2D eigenvalue weighted by Gasteiger charge is -1.95. The zero-order valence-corrected chi connectivity index (χ0v) is 7.38. The minimum atomic E-state index is -0.829. The van der Waals surface area contributed by atoms with Gasteiger partial charge in [0.15, 0.2) is 5.82 Å². The van der Waals surface area contributed by atoms with Crippen molar-refractivity contribution >= 4 is 11.0 Å². The number of hydrogen-bond donors (Lipinski definition) is 2. The number of aromatic nitrogens is 2. The molecule has 2 aromatic rings. The summed E-state index contributed by atoms with van der Waals surface area (Å²) < 4.78 is 25.9. The fourth-order valence-corrected chi connectivity index (χ4v) is 1.26. The van der Waals surface area contributed by atoms with Crippen LogP contribution in [0, 0.1) is 11.6 Å². The molecule has 0 aliphatic rings. The Morgan fingerprint density at radius 3 is 2.79 bits per heavy atom. The largest absolute Gasteiger partial charge is 0.385 e. The van der Waals surface area contributed by atoms with Gasteiger partial charge in [-0.1, -0.05) is 0 Å². The molecule has 0 fully saturated rings. The third-order valence-corrected chi connectivity index (χ3v) is 1.92. The van der Waals surface area contributed by atoms with Crippen molar-refractivity contribution in [1.82, 2.24) is 9.97 Å². The molecular formula is C9H8F2N2O. The molecule has 0 aliphatic carbocycles. The van der Waals surface area contributed by atoms with Crippen LogP contribution in [0.15, 0.2) is 12.1 Å². The molecule has 1 aromatic carbocycles. The first-order valence-corrected chi connectivity index (χ1v) is 4.10. The number of hydrogen-bond acceptors (Lipinski definition) is 2. The maximum Gasteiger partial charge on any atom is 0.153 e. The summed E-state index contributed by atoms with van der Waals surface area (Å²) in [4.78, 5) is 6.44. The van der Waals surface area contributed by atoms with Crippen LogP contribution in [0.4, 0.5) is 8.78 Å². The molecule has 0 amide bonds. The average molecular weight is 198 g/mol. The molecule has 0 saturated heterocycles. The van der Waals surface area contributed by atoms with Gasteiger partial charge < -0.3 is 10.1 Å². The quantitative estimate of drug-likeness (QED) is 0.735. The fraction of sp³-hybridized carbons (Fsp3) is 0.222. The van der Waals surface area contributed by atoms with Crippen LogP contribution in [0.5, 0.6) is 0 Å². The SMILES string of the molecule is CC(O)c1nc2c(F)cc(F)cc2[nH]1. The number of nitrogens with one attached hydrogen (secondary N) is 1. The molecule has 3 nitrogen and oxygen atoms in total. The molecule has 1 unspecified atom stereocenters. The zero-order chi connectivity index (χ0) is 10.3. The van der Waals surface area contributed by atoms with Crippen LogP contribution in [0.1, 0.15) is 18.9 Å². The third kappa shape index (κ3) is 1.35. The van der Waals surface area contributed by atoms with Crippen LogP contribution in [0.2, 0.25) is 0 Å². The topological polar surface area (TPSA) is 48.9 Å². The summed E-state index contributed by atoms with van der Waals surface area (Å²) in [5.41, 5.74) is 0.292. The Bertz CT molecular complexity index is 479. The highest BCUT2D eigenvalue weighted by Crippen LogP contribution is 2.19. The second-order valence-corrected chi connectivity index (χ2v) is 3.08. The Balaban J connectivity index is 2.70. The predicted molar refractivity (Wildman–Crippen MR) is 46.6 cm³/mol. The van der Waals surface area contributed by atoms with Crippen molar-refractivity contribution in [1.29, 1.82) is 0 Å². The number of aromatic amines is 1. The van der Waals surface area contributed by atoms with E-state index in [4.69, 9.17) is 0 Å². The number of aliphatic hydroxyl groups is 1. The smallest absolute Gasteiger partial charge is 0.153 e. The van der Waals surface area contributed by atoms with Crippen LogP contribution in [-0.2, 0) is 0 Å². The maximum atomic E-state index is 13.1. The lowest BCUT2D eigenvalue weighted by molar-refractivity contribution is 0.190. The monoisotopic (exact) mass is 198 g/mol. The van der Waals surface area contributed by atoms with Crippen molar-refractivity contribution in [2.75, 3.05) is 0 Å². The second-order valence-electron chi connectivity index (χ2n) is 3.08. The van der Waals surface area contributed by atoms with Crippen LogP contribution in [0.25, 0.3) is 11.0 Å².